The van der Waals surface area contributed by atoms with Crippen molar-refractivity contribution in [3.8, 4) is 0 Å². The van der Waals surface area contributed by atoms with Crippen molar-refractivity contribution >= 4 is 16.9 Å². The summed E-state index contributed by atoms with van der Waals surface area (Å²) < 4.78 is 5.07. The zero-order valence-corrected chi connectivity index (χ0v) is 12.2. The smallest absolute Gasteiger partial charge is 0.307 e. The van der Waals surface area contributed by atoms with E-state index in [1.807, 2.05) is 56.3 Å². The summed E-state index contributed by atoms with van der Waals surface area (Å²) in [5.41, 5.74) is 2.00. The highest BCUT2D eigenvalue weighted by atomic mass is 16.5. The fourth-order valence-corrected chi connectivity index (χ4v) is 2.35. The molecule has 4 nitrogen and oxygen atoms in total. The van der Waals surface area contributed by atoms with Crippen molar-refractivity contribution < 1.29 is 9.53 Å². The summed E-state index contributed by atoms with van der Waals surface area (Å²) in [5.74, 6) is -0.181. The summed E-state index contributed by atoms with van der Waals surface area (Å²) in [6.45, 7) is 2.23. The lowest BCUT2D eigenvalue weighted by molar-refractivity contribution is -0.144. The Labute approximate surface area is 119 Å². The van der Waals surface area contributed by atoms with Gasteiger partial charge in [-0.2, -0.15) is 0 Å². The topological polar surface area (TPSA) is 42.4 Å². The number of carbonyl (C=O) groups excluding carboxylic acids is 1. The number of fused-ring (bicyclic) bond motifs is 1. The number of carbonyl (C=O) groups is 1. The first kappa shape index (κ1) is 14.5. The van der Waals surface area contributed by atoms with E-state index in [-0.39, 0.29) is 12.0 Å². The molecule has 4 heteroatoms. The van der Waals surface area contributed by atoms with Gasteiger partial charge in [-0.25, -0.2) is 0 Å². The molecule has 2 rings (SSSR count). The first-order valence-electron chi connectivity index (χ1n) is 6.79. The van der Waals surface area contributed by atoms with Gasteiger partial charge in [0.1, 0.15) is 0 Å². The minimum atomic E-state index is -0.181. The summed E-state index contributed by atoms with van der Waals surface area (Å²) in [5, 5.41) is 1.08. The van der Waals surface area contributed by atoms with Crippen LogP contribution in [0.5, 0.6) is 0 Å². The number of ether oxygens (including phenoxy) is 1. The molecule has 0 N–H and O–H groups in total. The molecule has 1 unspecified atom stereocenters. The predicted molar refractivity (Wildman–Crippen MR) is 79.4 cm³/mol. The van der Waals surface area contributed by atoms with Crippen LogP contribution < -0.4 is 0 Å². The Morgan fingerprint density at radius 2 is 2.05 bits per heavy atom. The molecule has 0 aliphatic rings. The number of para-hydroxylation sites is 1. The van der Waals surface area contributed by atoms with Gasteiger partial charge in [0.2, 0.25) is 0 Å². The average Bonchev–Trinajstić information content (AvgIpc) is 2.44. The van der Waals surface area contributed by atoms with E-state index in [2.05, 4.69) is 4.98 Å². The van der Waals surface area contributed by atoms with Crippen LogP contribution in [-0.4, -0.2) is 36.6 Å². The number of aromatic nitrogens is 1. The molecule has 20 heavy (non-hydrogen) atoms. The van der Waals surface area contributed by atoms with Crippen LogP contribution in [0.15, 0.2) is 36.5 Å². The third-order valence-electron chi connectivity index (χ3n) is 3.31. The van der Waals surface area contributed by atoms with Crippen molar-refractivity contribution in [1.29, 1.82) is 0 Å². The molecular formula is C16H20N2O2. The fraction of sp³-hybridized carbons (Fsp3) is 0.375. The lowest BCUT2D eigenvalue weighted by Crippen LogP contribution is -2.24. The minimum absolute atomic E-state index is 0.0346. The average molecular weight is 272 g/mol. The molecule has 0 radical (unpaired) electrons. The first-order valence-corrected chi connectivity index (χ1v) is 6.79. The largest absolute Gasteiger partial charge is 0.466 e. The van der Waals surface area contributed by atoms with Crippen LogP contribution in [0.25, 0.3) is 10.9 Å². The Morgan fingerprint density at radius 3 is 2.75 bits per heavy atom. The van der Waals surface area contributed by atoms with E-state index in [0.717, 1.165) is 16.5 Å². The van der Waals surface area contributed by atoms with Crippen LogP contribution in [0.3, 0.4) is 0 Å². The molecular weight excluding hydrogens is 252 g/mol. The molecule has 0 aliphatic heterocycles. The molecule has 1 aromatic heterocycles. The van der Waals surface area contributed by atoms with Crippen LogP contribution in [0, 0.1) is 0 Å². The maximum atomic E-state index is 11.8. The normalized spacial score (nSPS) is 12.6. The van der Waals surface area contributed by atoms with Gasteiger partial charge in [-0.1, -0.05) is 24.3 Å². The highest BCUT2D eigenvalue weighted by molar-refractivity contribution is 5.82. The minimum Gasteiger partial charge on any atom is -0.466 e. The van der Waals surface area contributed by atoms with E-state index in [9.17, 15) is 4.79 Å². The molecule has 106 valence electrons. The molecule has 0 bridgehead atoms. The monoisotopic (exact) mass is 272 g/mol. The van der Waals surface area contributed by atoms with Crippen LogP contribution in [0.2, 0.25) is 0 Å². The van der Waals surface area contributed by atoms with Gasteiger partial charge in [0.25, 0.3) is 0 Å². The number of rotatable bonds is 5. The van der Waals surface area contributed by atoms with Gasteiger partial charge in [0.05, 0.1) is 18.5 Å². The van der Waals surface area contributed by atoms with Crippen molar-refractivity contribution in [3.63, 3.8) is 0 Å². The maximum Gasteiger partial charge on any atom is 0.307 e. The molecule has 1 atom stereocenters. The molecule has 2 aromatic rings. The molecule has 0 spiro atoms. The molecule has 0 amide bonds. The highest BCUT2D eigenvalue weighted by Crippen LogP contribution is 2.28. The van der Waals surface area contributed by atoms with Gasteiger partial charge in [0.15, 0.2) is 0 Å². The second kappa shape index (κ2) is 6.48. The van der Waals surface area contributed by atoms with Crippen molar-refractivity contribution in [2.75, 3.05) is 20.7 Å². The fourth-order valence-electron chi connectivity index (χ4n) is 2.35. The quantitative estimate of drug-likeness (QED) is 0.785. The zero-order valence-electron chi connectivity index (χ0n) is 12.2. The Kier molecular flexibility index (Phi) is 4.69. The summed E-state index contributed by atoms with van der Waals surface area (Å²) in [7, 11) is 3.93. The van der Waals surface area contributed by atoms with Gasteiger partial charge in [0, 0.05) is 17.6 Å². The SMILES string of the molecule is CCOC(=O)CC(c1cccc2cccnc12)N(C)C. The van der Waals surface area contributed by atoms with Crippen molar-refractivity contribution in [2.45, 2.75) is 19.4 Å². The lowest BCUT2D eigenvalue weighted by atomic mass is 9.99. The number of pyridine rings is 1. The van der Waals surface area contributed by atoms with E-state index < -0.39 is 0 Å². The molecule has 0 saturated carbocycles. The van der Waals surface area contributed by atoms with Gasteiger partial charge < -0.3 is 9.64 Å². The zero-order chi connectivity index (χ0) is 14.5. The van der Waals surface area contributed by atoms with Gasteiger partial charge in [-0.05, 0) is 32.6 Å². The molecule has 1 heterocycles. The molecule has 0 saturated heterocycles. The second-order valence-electron chi connectivity index (χ2n) is 4.91. The van der Waals surface area contributed by atoms with E-state index in [1.54, 1.807) is 6.20 Å². The van der Waals surface area contributed by atoms with E-state index >= 15 is 0 Å². The number of nitrogens with zero attached hydrogens (tertiary/aromatic N) is 2. The first-order chi connectivity index (χ1) is 9.63. The summed E-state index contributed by atoms with van der Waals surface area (Å²) in [4.78, 5) is 18.3. The van der Waals surface area contributed by atoms with Crippen LogP contribution in [0.1, 0.15) is 24.9 Å². The Morgan fingerprint density at radius 1 is 1.30 bits per heavy atom. The van der Waals surface area contributed by atoms with Gasteiger partial charge in [-0.15, -0.1) is 0 Å². The van der Waals surface area contributed by atoms with E-state index in [1.165, 1.54) is 0 Å². The van der Waals surface area contributed by atoms with Crippen LogP contribution in [-0.2, 0) is 9.53 Å². The predicted octanol–water partition coefficient (Wildman–Crippen LogP) is 2.79. The van der Waals surface area contributed by atoms with Gasteiger partial charge in [-0.3, -0.25) is 9.78 Å². The Balaban J connectivity index is 2.39. The van der Waals surface area contributed by atoms with Crippen LogP contribution in [0.4, 0.5) is 0 Å². The molecule has 1 aromatic carbocycles. The van der Waals surface area contributed by atoms with Crippen molar-refractivity contribution in [2.24, 2.45) is 0 Å². The third-order valence-corrected chi connectivity index (χ3v) is 3.31. The van der Waals surface area contributed by atoms with E-state index in [0.29, 0.717) is 13.0 Å². The number of hydrogen-bond donors (Lipinski definition) is 0. The van der Waals surface area contributed by atoms with Crippen LogP contribution >= 0.6 is 0 Å². The van der Waals surface area contributed by atoms with Crippen molar-refractivity contribution in [1.82, 2.24) is 9.88 Å². The lowest BCUT2D eigenvalue weighted by Gasteiger charge is -2.24. The second-order valence-corrected chi connectivity index (χ2v) is 4.91. The van der Waals surface area contributed by atoms with E-state index in [4.69, 9.17) is 4.74 Å². The van der Waals surface area contributed by atoms with Gasteiger partial charge >= 0.3 is 5.97 Å². The Hall–Kier alpha value is -1.94. The standard InChI is InChI=1S/C16H20N2O2/c1-4-20-15(19)11-14(18(2)3)13-9-5-7-12-8-6-10-17-16(12)13/h5-10,14H,4,11H2,1-3H3. The highest BCUT2D eigenvalue weighted by Gasteiger charge is 2.21. The molecule has 0 aliphatic carbocycles. The molecule has 0 fully saturated rings. The summed E-state index contributed by atoms with van der Waals surface area (Å²) >= 11 is 0. The third kappa shape index (κ3) is 3.14. The number of benzene rings is 1. The summed E-state index contributed by atoms with van der Waals surface area (Å²) in [6, 6.07) is 9.97. The summed E-state index contributed by atoms with van der Waals surface area (Å²) in [6.07, 6.45) is 2.11. The number of hydrogen-bond acceptors (Lipinski definition) is 4. The Bertz CT molecular complexity index is 591. The van der Waals surface area contributed by atoms with Crippen molar-refractivity contribution in [3.05, 3.63) is 42.1 Å². The maximum absolute atomic E-state index is 11.8. The number of esters is 1.